The highest BCUT2D eigenvalue weighted by Gasteiger charge is 2.24. The number of carbonyl (C=O) groups is 2. The molecule has 2 amide bonds. The van der Waals surface area contributed by atoms with E-state index in [4.69, 9.17) is 9.88 Å². The number of aromatic nitrogens is 1. The van der Waals surface area contributed by atoms with E-state index < -0.39 is 28.1 Å². The van der Waals surface area contributed by atoms with E-state index in [1.165, 1.54) is 24.3 Å². The first kappa shape index (κ1) is 24.0. The van der Waals surface area contributed by atoms with Crippen LogP contribution in [0.15, 0.2) is 90.0 Å². The Bertz CT molecular complexity index is 1450. The van der Waals surface area contributed by atoms with Crippen LogP contribution in [0.4, 0.5) is 10.5 Å². The number of H-pyrrole nitrogens is 1. The maximum absolute atomic E-state index is 13.2. The number of aromatic amines is 1. The van der Waals surface area contributed by atoms with Crippen molar-refractivity contribution >= 4 is 38.6 Å². The minimum Gasteiger partial charge on any atom is -0.445 e. The number of rotatable bonds is 8. The second-order valence-corrected chi connectivity index (χ2v) is 9.45. The van der Waals surface area contributed by atoms with Crippen LogP contribution in [0, 0.1) is 0 Å². The van der Waals surface area contributed by atoms with Gasteiger partial charge in [0.2, 0.25) is 15.9 Å². The Morgan fingerprint density at radius 1 is 0.971 bits per heavy atom. The van der Waals surface area contributed by atoms with E-state index in [2.05, 4.69) is 15.6 Å². The molecule has 0 saturated heterocycles. The van der Waals surface area contributed by atoms with Gasteiger partial charge in [0.15, 0.2) is 0 Å². The Kier molecular flexibility index (Phi) is 7.14. The zero-order valence-electron chi connectivity index (χ0n) is 18.6. The Balaban J connectivity index is 1.53. The molecule has 9 nitrogen and oxygen atoms in total. The van der Waals surface area contributed by atoms with E-state index in [-0.39, 0.29) is 23.6 Å². The second-order valence-electron chi connectivity index (χ2n) is 7.88. The number of hydrogen-bond acceptors (Lipinski definition) is 5. The van der Waals surface area contributed by atoms with Crippen LogP contribution < -0.4 is 15.8 Å². The van der Waals surface area contributed by atoms with Gasteiger partial charge in [0.25, 0.3) is 0 Å². The summed E-state index contributed by atoms with van der Waals surface area (Å²) in [4.78, 5) is 28.7. The topological polar surface area (TPSA) is 143 Å². The van der Waals surface area contributed by atoms with Crippen molar-refractivity contribution in [3.05, 3.63) is 96.2 Å². The minimum absolute atomic E-state index is 0.0461. The highest BCUT2D eigenvalue weighted by atomic mass is 32.2. The Morgan fingerprint density at radius 3 is 2.49 bits per heavy atom. The number of fused-ring (bicyclic) bond motifs is 1. The average molecular weight is 493 g/mol. The van der Waals surface area contributed by atoms with Gasteiger partial charge in [0.1, 0.15) is 12.6 Å². The largest absolute Gasteiger partial charge is 0.445 e. The summed E-state index contributed by atoms with van der Waals surface area (Å²) < 4.78 is 28.6. The number of carbonyl (C=O) groups excluding carboxylic acids is 2. The summed E-state index contributed by atoms with van der Waals surface area (Å²) in [5, 5.41) is 11.4. The van der Waals surface area contributed by atoms with Crippen LogP contribution in [-0.2, 0) is 32.6 Å². The third kappa shape index (κ3) is 6.25. The summed E-state index contributed by atoms with van der Waals surface area (Å²) in [5.41, 5.74) is 2.75. The standard InChI is InChI=1S/C25H24N4O5S/c26-35(32,33)20-10-6-9-19(14-20)28-24(30)23(13-18-15-27-22-12-5-4-11-21(18)22)29-25(31)34-16-17-7-2-1-3-8-17/h1-12,14-15,23,27H,13,16H2,(H,28,30)(H,29,31)(H2,26,32,33). The van der Waals surface area contributed by atoms with Crippen LogP contribution in [0.25, 0.3) is 10.9 Å². The molecule has 4 rings (SSSR count). The molecule has 35 heavy (non-hydrogen) atoms. The summed E-state index contributed by atoms with van der Waals surface area (Å²) in [7, 11) is -3.94. The van der Waals surface area contributed by atoms with E-state index in [0.717, 1.165) is 22.0 Å². The molecule has 180 valence electrons. The lowest BCUT2D eigenvalue weighted by molar-refractivity contribution is -0.118. The number of hydrogen-bond donors (Lipinski definition) is 4. The number of ether oxygens (including phenoxy) is 1. The van der Waals surface area contributed by atoms with Gasteiger partial charge in [-0.05, 0) is 35.4 Å². The van der Waals surface area contributed by atoms with Crippen molar-refractivity contribution in [2.75, 3.05) is 5.32 Å². The third-order valence-corrected chi connectivity index (χ3v) is 6.26. The summed E-state index contributed by atoms with van der Waals surface area (Å²) in [6.45, 7) is 0.0461. The fraction of sp³-hybridized carbons (Fsp3) is 0.120. The van der Waals surface area contributed by atoms with Gasteiger partial charge in [0, 0.05) is 29.2 Å². The molecule has 1 unspecified atom stereocenters. The maximum Gasteiger partial charge on any atom is 0.408 e. The lowest BCUT2D eigenvalue weighted by Crippen LogP contribution is -2.45. The molecule has 3 aromatic carbocycles. The normalized spacial score (nSPS) is 12.1. The molecule has 1 aromatic heterocycles. The molecule has 5 N–H and O–H groups in total. The maximum atomic E-state index is 13.2. The number of nitrogens with two attached hydrogens (primary N) is 1. The van der Waals surface area contributed by atoms with Gasteiger partial charge < -0.3 is 20.4 Å². The monoisotopic (exact) mass is 492 g/mol. The van der Waals surface area contributed by atoms with Gasteiger partial charge in [0.05, 0.1) is 4.90 Å². The number of sulfonamides is 1. The Hall–Kier alpha value is -4.15. The van der Waals surface area contributed by atoms with Crippen LogP contribution in [0.1, 0.15) is 11.1 Å². The summed E-state index contributed by atoms with van der Waals surface area (Å²) in [6.07, 6.45) is 1.20. The lowest BCUT2D eigenvalue weighted by atomic mass is 10.0. The first-order valence-corrected chi connectivity index (χ1v) is 12.3. The van der Waals surface area contributed by atoms with Crippen LogP contribution in [0.3, 0.4) is 0 Å². The zero-order chi connectivity index (χ0) is 24.8. The molecule has 0 saturated carbocycles. The van der Waals surface area contributed by atoms with E-state index in [0.29, 0.717) is 0 Å². The highest BCUT2D eigenvalue weighted by molar-refractivity contribution is 7.89. The molecule has 0 aliphatic heterocycles. The van der Waals surface area contributed by atoms with E-state index >= 15 is 0 Å². The number of alkyl carbamates (subject to hydrolysis) is 1. The molecular weight excluding hydrogens is 468 g/mol. The van der Waals surface area contributed by atoms with Crippen LogP contribution in [-0.4, -0.2) is 31.4 Å². The first-order valence-electron chi connectivity index (χ1n) is 10.8. The van der Waals surface area contributed by atoms with Crippen molar-refractivity contribution in [2.45, 2.75) is 24.0 Å². The first-order chi connectivity index (χ1) is 16.8. The van der Waals surface area contributed by atoms with Gasteiger partial charge in [-0.25, -0.2) is 18.4 Å². The molecule has 0 radical (unpaired) electrons. The number of benzene rings is 3. The van der Waals surface area contributed by atoms with Gasteiger partial charge in [-0.1, -0.05) is 54.6 Å². The summed E-state index contributed by atoms with van der Waals surface area (Å²) >= 11 is 0. The molecule has 1 heterocycles. The predicted molar refractivity (Wildman–Crippen MR) is 132 cm³/mol. The quantitative estimate of drug-likeness (QED) is 0.298. The van der Waals surface area contributed by atoms with Crippen LogP contribution >= 0.6 is 0 Å². The van der Waals surface area contributed by atoms with Gasteiger partial charge in [-0.15, -0.1) is 0 Å². The second kappa shape index (κ2) is 10.4. The fourth-order valence-electron chi connectivity index (χ4n) is 3.62. The molecule has 0 fully saturated rings. The molecule has 10 heteroatoms. The molecule has 0 spiro atoms. The van der Waals surface area contributed by atoms with E-state index in [1.54, 1.807) is 6.20 Å². The SMILES string of the molecule is NS(=O)(=O)c1cccc(NC(=O)C(Cc2c[nH]c3ccccc23)NC(=O)OCc2ccccc2)c1. The van der Waals surface area contributed by atoms with Crippen molar-refractivity contribution in [1.82, 2.24) is 10.3 Å². The van der Waals surface area contributed by atoms with Crippen molar-refractivity contribution in [2.24, 2.45) is 5.14 Å². The third-order valence-electron chi connectivity index (χ3n) is 5.35. The molecule has 0 aliphatic rings. The highest BCUT2D eigenvalue weighted by Crippen LogP contribution is 2.20. The van der Waals surface area contributed by atoms with Crippen LogP contribution in [0.5, 0.6) is 0 Å². The summed E-state index contributed by atoms with van der Waals surface area (Å²) in [6, 6.07) is 21.3. The molecule has 4 aromatic rings. The predicted octanol–water partition coefficient (Wildman–Crippen LogP) is 3.29. The number of para-hydroxylation sites is 1. The van der Waals surface area contributed by atoms with Crippen molar-refractivity contribution in [3.63, 3.8) is 0 Å². The molecule has 0 bridgehead atoms. The summed E-state index contributed by atoms with van der Waals surface area (Å²) in [5.74, 6) is -0.543. The fourth-order valence-corrected chi connectivity index (χ4v) is 4.18. The number of anilines is 1. The molecular formula is C25H24N4O5S. The number of amides is 2. The number of nitrogens with one attached hydrogen (secondary N) is 3. The number of primary sulfonamides is 1. The Labute approximate surface area is 202 Å². The van der Waals surface area contributed by atoms with Gasteiger partial charge in [-0.3, -0.25) is 4.79 Å². The van der Waals surface area contributed by atoms with Crippen LogP contribution in [0.2, 0.25) is 0 Å². The average Bonchev–Trinajstić information content (AvgIpc) is 3.25. The lowest BCUT2D eigenvalue weighted by Gasteiger charge is -2.18. The van der Waals surface area contributed by atoms with E-state index in [9.17, 15) is 18.0 Å². The van der Waals surface area contributed by atoms with Crippen molar-refractivity contribution in [3.8, 4) is 0 Å². The van der Waals surface area contributed by atoms with Gasteiger partial charge >= 0.3 is 6.09 Å². The Morgan fingerprint density at radius 2 is 1.71 bits per heavy atom. The molecule has 0 aliphatic carbocycles. The van der Waals surface area contributed by atoms with Gasteiger partial charge in [-0.2, -0.15) is 0 Å². The molecule has 1 atom stereocenters. The van der Waals surface area contributed by atoms with E-state index in [1.807, 2.05) is 54.6 Å². The smallest absolute Gasteiger partial charge is 0.408 e. The zero-order valence-corrected chi connectivity index (χ0v) is 19.4. The minimum atomic E-state index is -3.94. The van der Waals surface area contributed by atoms with Crippen molar-refractivity contribution in [1.29, 1.82) is 0 Å². The van der Waals surface area contributed by atoms with Crippen molar-refractivity contribution < 1.29 is 22.7 Å².